The lowest BCUT2D eigenvalue weighted by Crippen LogP contribution is -2.42. The van der Waals surface area contributed by atoms with Crippen molar-refractivity contribution in [3.05, 3.63) is 54.5 Å². The van der Waals surface area contributed by atoms with Crippen LogP contribution >= 0.6 is 0 Å². The molecule has 7 nitrogen and oxygen atoms in total. The number of rotatable bonds is 3. The van der Waals surface area contributed by atoms with Gasteiger partial charge in [0.15, 0.2) is 5.65 Å². The predicted molar refractivity (Wildman–Crippen MR) is 123 cm³/mol. The monoisotopic (exact) mass is 418 g/mol. The lowest BCUT2D eigenvalue weighted by Gasteiger charge is -2.33. The molecule has 0 spiro atoms. The summed E-state index contributed by atoms with van der Waals surface area (Å²) >= 11 is 0. The number of aromatic nitrogens is 3. The fraction of sp³-hybridized carbons (Fsp3) is 0.458. The van der Waals surface area contributed by atoms with Crippen molar-refractivity contribution < 1.29 is 4.79 Å². The van der Waals surface area contributed by atoms with Crippen LogP contribution in [0.3, 0.4) is 0 Å². The highest BCUT2D eigenvalue weighted by Gasteiger charge is 2.28. The summed E-state index contributed by atoms with van der Waals surface area (Å²) in [5.74, 6) is 1.14. The van der Waals surface area contributed by atoms with Gasteiger partial charge < -0.3 is 15.1 Å². The molecule has 0 saturated carbocycles. The van der Waals surface area contributed by atoms with Gasteiger partial charge in [-0.1, -0.05) is 31.0 Å². The van der Waals surface area contributed by atoms with E-state index < -0.39 is 0 Å². The molecule has 0 bridgehead atoms. The average molecular weight is 419 g/mol. The molecule has 2 fully saturated rings. The van der Waals surface area contributed by atoms with Gasteiger partial charge in [-0.25, -0.2) is 4.79 Å². The van der Waals surface area contributed by atoms with Crippen LogP contribution in [0.1, 0.15) is 50.3 Å². The molecule has 0 unspecified atom stereocenters. The maximum Gasteiger partial charge on any atom is 0.321 e. The summed E-state index contributed by atoms with van der Waals surface area (Å²) in [5, 5.41) is 11.9. The second-order valence-corrected chi connectivity index (χ2v) is 8.62. The molecular formula is C24H30N6O. The zero-order chi connectivity index (χ0) is 21.0. The maximum absolute atomic E-state index is 13.2. The number of anilines is 2. The third-order valence-corrected chi connectivity index (χ3v) is 6.51. The Bertz CT molecular complexity index is 1040. The standard InChI is InChI=1S/C24H30N6O/c31-24(25-20-11-3-4-12-21(20)28-14-6-1-2-7-15-28)29-16-9-10-19(18-29)23-27-26-22-13-5-8-17-30(22)23/h3-5,8,11-13,17,19H,1-2,6-7,9-10,14-16,18H2,(H,25,31)/t19-/m1/s1. The Morgan fingerprint density at radius 2 is 1.71 bits per heavy atom. The van der Waals surface area contributed by atoms with Crippen molar-refractivity contribution in [3.8, 4) is 0 Å². The number of piperidine rings is 1. The van der Waals surface area contributed by atoms with Gasteiger partial charge in [-0.15, -0.1) is 10.2 Å². The van der Waals surface area contributed by atoms with E-state index in [9.17, 15) is 4.79 Å². The number of hydrogen-bond acceptors (Lipinski definition) is 4. The number of para-hydroxylation sites is 2. The number of nitrogens with one attached hydrogen (secondary N) is 1. The van der Waals surface area contributed by atoms with E-state index in [-0.39, 0.29) is 11.9 Å². The average Bonchev–Trinajstić information content (AvgIpc) is 3.06. The summed E-state index contributed by atoms with van der Waals surface area (Å²) in [6.07, 6.45) is 8.98. The fourth-order valence-corrected chi connectivity index (χ4v) is 4.87. The van der Waals surface area contributed by atoms with Crippen molar-refractivity contribution >= 4 is 23.1 Å². The van der Waals surface area contributed by atoms with Crippen LogP contribution in [0.15, 0.2) is 48.7 Å². The van der Waals surface area contributed by atoms with Gasteiger partial charge in [0.25, 0.3) is 0 Å². The zero-order valence-corrected chi connectivity index (χ0v) is 17.9. The number of benzene rings is 1. The van der Waals surface area contributed by atoms with E-state index in [2.05, 4.69) is 32.5 Å². The van der Waals surface area contributed by atoms with Crippen molar-refractivity contribution in [1.29, 1.82) is 0 Å². The van der Waals surface area contributed by atoms with Gasteiger partial charge in [-0.3, -0.25) is 4.40 Å². The molecule has 0 radical (unpaired) electrons. The Balaban J connectivity index is 1.31. The van der Waals surface area contributed by atoms with Gasteiger partial charge in [-0.05, 0) is 49.9 Å². The molecule has 2 saturated heterocycles. The summed E-state index contributed by atoms with van der Waals surface area (Å²) in [4.78, 5) is 17.6. The van der Waals surface area contributed by atoms with E-state index in [1.165, 1.54) is 25.7 Å². The second kappa shape index (κ2) is 8.96. The lowest BCUT2D eigenvalue weighted by atomic mass is 9.97. The summed E-state index contributed by atoms with van der Waals surface area (Å²) in [5.41, 5.74) is 2.89. The minimum Gasteiger partial charge on any atom is -0.370 e. The van der Waals surface area contributed by atoms with E-state index >= 15 is 0 Å². The van der Waals surface area contributed by atoms with E-state index in [1.807, 2.05) is 45.8 Å². The van der Waals surface area contributed by atoms with Crippen molar-refractivity contribution in [1.82, 2.24) is 19.5 Å². The number of amides is 2. The molecule has 1 aromatic carbocycles. The van der Waals surface area contributed by atoms with Crippen molar-refractivity contribution in [2.45, 2.75) is 44.4 Å². The Morgan fingerprint density at radius 3 is 2.58 bits per heavy atom. The quantitative estimate of drug-likeness (QED) is 0.679. The van der Waals surface area contributed by atoms with E-state index in [0.717, 1.165) is 55.3 Å². The van der Waals surface area contributed by atoms with E-state index in [4.69, 9.17) is 0 Å². The number of pyridine rings is 1. The number of hydrogen-bond donors (Lipinski definition) is 1. The largest absolute Gasteiger partial charge is 0.370 e. The van der Waals surface area contributed by atoms with Gasteiger partial charge in [0.05, 0.1) is 11.4 Å². The van der Waals surface area contributed by atoms with Crippen LogP contribution in [-0.2, 0) is 0 Å². The number of carbonyl (C=O) groups is 1. The molecule has 31 heavy (non-hydrogen) atoms. The molecular weight excluding hydrogens is 388 g/mol. The number of carbonyl (C=O) groups excluding carboxylic acids is 1. The number of likely N-dealkylation sites (tertiary alicyclic amines) is 1. The Kier molecular flexibility index (Phi) is 5.74. The van der Waals surface area contributed by atoms with Crippen molar-refractivity contribution in [2.24, 2.45) is 0 Å². The van der Waals surface area contributed by atoms with Crippen LogP contribution in [0.2, 0.25) is 0 Å². The van der Waals surface area contributed by atoms with Crippen LogP contribution in [-0.4, -0.2) is 51.7 Å². The van der Waals surface area contributed by atoms with Crippen LogP contribution < -0.4 is 10.2 Å². The summed E-state index contributed by atoms with van der Waals surface area (Å²) in [7, 11) is 0. The smallest absolute Gasteiger partial charge is 0.321 e. The van der Waals surface area contributed by atoms with E-state index in [1.54, 1.807) is 0 Å². The summed E-state index contributed by atoms with van der Waals surface area (Å²) in [6, 6.07) is 14.1. The molecule has 5 rings (SSSR count). The highest BCUT2D eigenvalue weighted by Crippen LogP contribution is 2.30. The first kappa shape index (κ1) is 19.8. The molecule has 2 aliphatic heterocycles. The molecule has 2 aliphatic rings. The summed E-state index contributed by atoms with van der Waals surface area (Å²) < 4.78 is 2.04. The first-order chi connectivity index (χ1) is 15.3. The Hall–Kier alpha value is -3.09. The molecule has 162 valence electrons. The van der Waals surface area contributed by atoms with Crippen molar-refractivity contribution in [2.75, 3.05) is 36.4 Å². The van der Waals surface area contributed by atoms with E-state index in [0.29, 0.717) is 6.54 Å². The van der Waals surface area contributed by atoms with Gasteiger partial charge in [0, 0.05) is 38.3 Å². The highest BCUT2D eigenvalue weighted by atomic mass is 16.2. The maximum atomic E-state index is 13.2. The van der Waals surface area contributed by atoms with Crippen LogP contribution in [0.5, 0.6) is 0 Å². The van der Waals surface area contributed by atoms with Gasteiger partial charge in [0.1, 0.15) is 5.82 Å². The molecule has 2 amide bonds. The highest BCUT2D eigenvalue weighted by molar-refractivity contribution is 5.93. The normalized spacial score (nSPS) is 19.9. The number of nitrogens with zero attached hydrogens (tertiary/aromatic N) is 5. The molecule has 1 atom stereocenters. The first-order valence-electron chi connectivity index (χ1n) is 11.5. The Morgan fingerprint density at radius 1 is 0.903 bits per heavy atom. The SMILES string of the molecule is O=C(Nc1ccccc1N1CCCCCC1)N1CCC[C@@H](c2nnc3ccccn23)C1. The van der Waals surface area contributed by atoms with Crippen LogP contribution in [0.25, 0.3) is 5.65 Å². The lowest BCUT2D eigenvalue weighted by molar-refractivity contribution is 0.191. The van der Waals surface area contributed by atoms with Gasteiger partial charge in [0.2, 0.25) is 0 Å². The minimum atomic E-state index is -0.0270. The first-order valence-corrected chi connectivity index (χ1v) is 11.5. The minimum absolute atomic E-state index is 0.0270. The molecule has 3 aromatic rings. The Labute approximate surface area is 183 Å². The number of urea groups is 1. The molecule has 1 N–H and O–H groups in total. The molecule has 4 heterocycles. The number of fused-ring (bicyclic) bond motifs is 1. The third kappa shape index (κ3) is 4.22. The molecule has 2 aromatic heterocycles. The van der Waals surface area contributed by atoms with Crippen LogP contribution in [0.4, 0.5) is 16.2 Å². The topological polar surface area (TPSA) is 65.8 Å². The van der Waals surface area contributed by atoms with Gasteiger partial charge >= 0.3 is 6.03 Å². The van der Waals surface area contributed by atoms with Crippen LogP contribution in [0, 0.1) is 0 Å². The van der Waals surface area contributed by atoms with Gasteiger partial charge in [-0.2, -0.15) is 0 Å². The van der Waals surface area contributed by atoms with Crippen molar-refractivity contribution in [3.63, 3.8) is 0 Å². The predicted octanol–water partition coefficient (Wildman–Crippen LogP) is 4.52. The molecule has 7 heteroatoms. The fourth-order valence-electron chi connectivity index (χ4n) is 4.87. The summed E-state index contributed by atoms with van der Waals surface area (Å²) in [6.45, 7) is 3.54. The molecule has 0 aliphatic carbocycles. The third-order valence-electron chi connectivity index (χ3n) is 6.51. The zero-order valence-electron chi connectivity index (χ0n) is 17.9. The second-order valence-electron chi connectivity index (χ2n) is 8.62.